The highest BCUT2D eigenvalue weighted by atomic mass is 35.5. The Morgan fingerprint density at radius 1 is 1.17 bits per heavy atom. The summed E-state index contributed by atoms with van der Waals surface area (Å²) >= 11 is 0. The molecule has 2 aliphatic heterocycles. The summed E-state index contributed by atoms with van der Waals surface area (Å²) in [6.07, 6.45) is 5.36. The molecule has 0 aliphatic carbocycles. The summed E-state index contributed by atoms with van der Waals surface area (Å²) < 4.78 is 28.5. The van der Waals surface area contributed by atoms with E-state index in [9.17, 15) is 8.42 Å². The van der Waals surface area contributed by atoms with Crippen molar-refractivity contribution >= 4 is 22.6 Å². The molecule has 1 unspecified atom stereocenters. The molecule has 2 fully saturated rings. The number of nitrogens with one attached hydrogen (secondary N) is 2. The van der Waals surface area contributed by atoms with Crippen LogP contribution < -0.4 is 10.0 Å². The molecule has 0 radical (unpaired) electrons. The third kappa shape index (κ3) is 4.66. The van der Waals surface area contributed by atoms with E-state index in [1.807, 2.05) is 0 Å². The molecule has 2 saturated heterocycles. The third-order valence-corrected chi connectivity index (χ3v) is 5.20. The van der Waals surface area contributed by atoms with E-state index in [2.05, 4.69) is 10.0 Å². The van der Waals surface area contributed by atoms with Crippen molar-refractivity contribution in [3.63, 3.8) is 0 Å². The first kappa shape index (κ1) is 16.2. The van der Waals surface area contributed by atoms with E-state index in [1.54, 1.807) is 4.31 Å². The fraction of sp³-hybridized carbons (Fsp3) is 1.00. The molecule has 7 heteroatoms. The third-order valence-electron chi connectivity index (χ3n) is 3.62. The number of hydrogen-bond donors (Lipinski definition) is 2. The predicted octanol–water partition coefficient (Wildman–Crippen LogP) is 0.728. The van der Waals surface area contributed by atoms with Crippen molar-refractivity contribution < 1.29 is 8.42 Å². The SMILES string of the molecule is Cl.O=S(=O)(NCC1CCNC1)N1CCCCCC1. The van der Waals surface area contributed by atoms with Crippen LogP contribution in [-0.4, -0.2) is 45.4 Å². The lowest BCUT2D eigenvalue weighted by atomic mass is 10.1. The maximum absolute atomic E-state index is 12.1. The molecule has 1 atom stereocenters. The molecule has 0 spiro atoms. The topological polar surface area (TPSA) is 61.4 Å². The minimum absolute atomic E-state index is 0. The van der Waals surface area contributed by atoms with Crippen LogP contribution in [0.5, 0.6) is 0 Å². The van der Waals surface area contributed by atoms with Crippen molar-refractivity contribution in [2.75, 3.05) is 32.7 Å². The van der Waals surface area contributed by atoms with Gasteiger partial charge in [-0.3, -0.25) is 0 Å². The molecule has 5 nitrogen and oxygen atoms in total. The summed E-state index contributed by atoms with van der Waals surface area (Å²) in [5, 5.41) is 3.25. The molecule has 2 aliphatic rings. The Hall–Kier alpha value is 0.120. The largest absolute Gasteiger partial charge is 0.316 e. The van der Waals surface area contributed by atoms with Gasteiger partial charge < -0.3 is 5.32 Å². The van der Waals surface area contributed by atoms with E-state index >= 15 is 0 Å². The zero-order valence-corrected chi connectivity index (χ0v) is 12.4. The normalized spacial score (nSPS) is 26.6. The summed E-state index contributed by atoms with van der Waals surface area (Å²) in [7, 11) is -3.24. The first-order valence-corrected chi connectivity index (χ1v) is 8.08. The Kier molecular flexibility index (Phi) is 6.87. The molecule has 2 rings (SSSR count). The van der Waals surface area contributed by atoms with Gasteiger partial charge in [0.15, 0.2) is 0 Å². The van der Waals surface area contributed by atoms with Gasteiger partial charge in [0.2, 0.25) is 0 Å². The zero-order chi connectivity index (χ0) is 12.1. The van der Waals surface area contributed by atoms with Gasteiger partial charge in [0, 0.05) is 19.6 Å². The van der Waals surface area contributed by atoms with Crippen LogP contribution in [0.25, 0.3) is 0 Å². The minimum atomic E-state index is -3.24. The molecular formula is C11H24ClN3O2S. The maximum Gasteiger partial charge on any atom is 0.279 e. The lowest BCUT2D eigenvalue weighted by Crippen LogP contribution is -2.43. The van der Waals surface area contributed by atoms with Crippen LogP contribution in [0.15, 0.2) is 0 Å². The summed E-state index contributed by atoms with van der Waals surface area (Å²) in [6.45, 7) is 3.88. The number of nitrogens with zero attached hydrogens (tertiary/aromatic N) is 1. The van der Waals surface area contributed by atoms with Crippen LogP contribution >= 0.6 is 12.4 Å². The van der Waals surface area contributed by atoms with Crippen LogP contribution in [0.1, 0.15) is 32.1 Å². The smallest absolute Gasteiger partial charge is 0.279 e. The quantitative estimate of drug-likeness (QED) is 0.804. The van der Waals surface area contributed by atoms with Gasteiger partial charge >= 0.3 is 0 Å². The Balaban J connectivity index is 0.00000162. The number of rotatable bonds is 4. The molecule has 18 heavy (non-hydrogen) atoms. The molecule has 2 heterocycles. The van der Waals surface area contributed by atoms with Gasteiger partial charge in [0.05, 0.1) is 0 Å². The van der Waals surface area contributed by atoms with E-state index < -0.39 is 10.2 Å². The first-order valence-electron chi connectivity index (χ1n) is 6.64. The highest BCUT2D eigenvalue weighted by Gasteiger charge is 2.24. The molecule has 0 bridgehead atoms. The van der Waals surface area contributed by atoms with Gasteiger partial charge in [-0.25, -0.2) is 4.72 Å². The Labute approximate surface area is 116 Å². The van der Waals surface area contributed by atoms with Crippen molar-refractivity contribution in [2.45, 2.75) is 32.1 Å². The number of halogens is 1. The maximum atomic E-state index is 12.1. The van der Waals surface area contributed by atoms with Crippen LogP contribution in [0.3, 0.4) is 0 Å². The molecule has 0 amide bonds. The van der Waals surface area contributed by atoms with Crippen molar-refractivity contribution in [1.29, 1.82) is 0 Å². The molecular weight excluding hydrogens is 274 g/mol. The molecule has 108 valence electrons. The average Bonchev–Trinajstić information content (AvgIpc) is 2.66. The monoisotopic (exact) mass is 297 g/mol. The minimum Gasteiger partial charge on any atom is -0.316 e. The lowest BCUT2D eigenvalue weighted by molar-refractivity contribution is 0.409. The second kappa shape index (κ2) is 7.65. The van der Waals surface area contributed by atoms with E-state index in [0.717, 1.165) is 45.2 Å². The fourth-order valence-corrected chi connectivity index (χ4v) is 3.85. The standard InChI is InChI=1S/C11H23N3O2S.ClH/c15-17(16,13-10-11-5-6-12-9-11)14-7-3-1-2-4-8-14;/h11-13H,1-10H2;1H. The van der Waals surface area contributed by atoms with E-state index in [4.69, 9.17) is 0 Å². The second-order valence-corrected chi connectivity index (χ2v) is 6.78. The van der Waals surface area contributed by atoms with Gasteiger partial charge in [-0.1, -0.05) is 12.8 Å². The fourth-order valence-electron chi connectivity index (χ4n) is 2.49. The molecule has 2 N–H and O–H groups in total. The average molecular weight is 298 g/mol. The zero-order valence-electron chi connectivity index (χ0n) is 10.7. The van der Waals surface area contributed by atoms with E-state index in [0.29, 0.717) is 25.6 Å². The van der Waals surface area contributed by atoms with Crippen LogP contribution in [0.4, 0.5) is 0 Å². The van der Waals surface area contributed by atoms with Crippen molar-refractivity contribution in [1.82, 2.24) is 14.3 Å². The van der Waals surface area contributed by atoms with Crippen LogP contribution in [-0.2, 0) is 10.2 Å². The van der Waals surface area contributed by atoms with Gasteiger partial charge in [-0.05, 0) is 38.3 Å². The summed E-state index contributed by atoms with van der Waals surface area (Å²) in [5.74, 6) is 0.455. The van der Waals surface area contributed by atoms with Crippen molar-refractivity contribution in [3.05, 3.63) is 0 Å². The van der Waals surface area contributed by atoms with E-state index in [1.165, 1.54) is 0 Å². The van der Waals surface area contributed by atoms with Crippen molar-refractivity contribution in [3.8, 4) is 0 Å². The Morgan fingerprint density at radius 3 is 2.39 bits per heavy atom. The molecule has 0 aromatic carbocycles. The summed E-state index contributed by atoms with van der Waals surface area (Å²) in [4.78, 5) is 0. The number of hydrogen-bond acceptors (Lipinski definition) is 3. The first-order chi connectivity index (χ1) is 8.18. The Bertz CT molecular complexity index is 323. The van der Waals surface area contributed by atoms with Crippen LogP contribution in [0.2, 0.25) is 0 Å². The molecule has 0 saturated carbocycles. The summed E-state index contributed by atoms with van der Waals surface area (Å²) in [6, 6.07) is 0. The second-order valence-electron chi connectivity index (χ2n) is 5.03. The van der Waals surface area contributed by atoms with Gasteiger partial charge in [0.1, 0.15) is 0 Å². The Morgan fingerprint density at radius 2 is 1.83 bits per heavy atom. The molecule has 0 aromatic rings. The highest BCUT2D eigenvalue weighted by Crippen LogP contribution is 2.13. The van der Waals surface area contributed by atoms with Gasteiger partial charge in [0.25, 0.3) is 10.2 Å². The molecule has 0 aromatic heterocycles. The predicted molar refractivity (Wildman–Crippen MR) is 75.2 cm³/mol. The van der Waals surface area contributed by atoms with Gasteiger partial charge in [-0.15, -0.1) is 12.4 Å². The summed E-state index contributed by atoms with van der Waals surface area (Å²) in [5.41, 5.74) is 0. The van der Waals surface area contributed by atoms with Crippen molar-refractivity contribution in [2.24, 2.45) is 5.92 Å². The van der Waals surface area contributed by atoms with E-state index in [-0.39, 0.29) is 12.4 Å². The van der Waals surface area contributed by atoms with Crippen LogP contribution in [0, 0.1) is 5.92 Å². The highest BCUT2D eigenvalue weighted by molar-refractivity contribution is 7.87. The lowest BCUT2D eigenvalue weighted by Gasteiger charge is -2.21. The van der Waals surface area contributed by atoms with Gasteiger partial charge in [-0.2, -0.15) is 12.7 Å².